The number of esters is 1. The van der Waals surface area contributed by atoms with Gasteiger partial charge in [-0.05, 0) is 71.0 Å². The summed E-state index contributed by atoms with van der Waals surface area (Å²) in [5.74, 6) is 0.980. The van der Waals surface area contributed by atoms with E-state index in [0.29, 0.717) is 12.6 Å². The molecule has 4 nitrogen and oxygen atoms in total. The fraction of sp³-hybridized carbons (Fsp3) is 0.941. The molecule has 5 heteroatoms. The average Bonchev–Trinajstić information content (AvgIpc) is 2.54. The number of carbonyl (C=O) groups excluding carboxylic acids is 1. The van der Waals surface area contributed by atoms with Crippen LogP contribution in [0.2, 0.25) is 0 Å². The lowest BCUT2D eigenvalue weighted by molar-refractivity contribution is -0.149. The number of carbonyl (C=O) groups is 1. The molecule has 1 saturated heterocycles. The Hall–Kier alpha value is -0.320. The van der Waals surface area contributed by atoms with Gasteiger partial charge in [0.2, 0.25) is 0 Å². The highest BCUT2D eigenvalue weighted by Crippen LogP contribution is 2.29. The summed E-state index contributed by atoms with van der Waals surface area (Å²) in [6, 6.07) is 0.669. The third-order valence-corrected chi connectivity index (χ3v) is 5.13. The lowest BCUT2D eigenvalue weighted by Crippen LogP contribution is -2.44. The molecule has 0 spiro atoms. The zero-order chi connectivity index (χ0) is 15.1. The maximum Gasteiger partial charge on any atom is 0.308 e. The van der Waals surface area contributed by atoms with Gasteiger partial charge in [0.15, 0.2) is 0 Å². The Morgan fingerprint density at radius 1 is 1.18 bits per heavy atom. The lowest BCUT2D eigenvalue weighted by Gasteiger charge is -2.38. The zero-order valence-corrected chi connectivity index (χ0v) is 15.0. The molecule has 1 aliphatic carbocycles. The number of hydrogen-bond acceptors (Lipinski definition) is 4. The Morgan fingerprint density at radius 2 is 1.91 bits per heavy atom. The minimum absolute atomic E-state index is 0. The molecule has 1 N–H and O–H groups in total. The van der Waals surface area contributed by atoms with Crippen molar-refractivity contribution in [1.82, 2.24) is 10.2 Å². The third kappa shape index (κ3) is 5.71. The van der Waals surface area contributed by atoms with Crippen LogP contribution in [-0.4, -0.2) is 49.7 Å². The van der Waals surface area contributed by atoms with Gasteiger partial charge in [0.1, 0.15) is 0 Å². The first-order chi connectivity index (χ1) is 10.2. The van der Waals surface area contributed by atoms with E-state index in [0.717, 1.165) is 38.1 Å². The van der Waals surface area contributed by atoms with Crippen molar-refractivity contribution in [1.29, 1.82) is 0 Å². The number of halogens is 1. The Labute approximate surface area is 141 Å². The fourth-order valence-corrected chi connectivity index (χ4v) is 3.88. The van der Waals surface area contributed by atoms with E-state index in [-0.39, 0.29) is 24.3 Å². The molecule has 130 valence electrons. The summed E-state index contributed by atoms with van der Waals surface area (Å²) >= 11 is 0. The van der Waals surface area contributed by atoms with E-state index in [1.165, 1.54) is 32.5 Å². The summed E-state index contributed by atoms with van der Waals surface area (Å²) in [5.41, 5.74) is 0. The first kappa shape index (κ1) is 19.7. The van der Waals surface area contributed by atoms with Gasteiger partial charge in [0.05, 0.1) is 12.5 Å². The largest absolute Gasteiger partial charge is 0.466 e. The summed E-state index contributed by atoms with van der Waals surface area (Å²) in [5, 5.41) is 3.52. The Balaban J connectivity index is 0.00000242. The van der Waals surface area contributed by atoms with Crippen molar-refractivity contribution in [3.63, 3.8) is 0 Å². The van der Waals surface area contributed by atoms with E-state index in [1.807, 2.05) is 6.92 Å². The van der Waals surface area contributed by atoms with Crippen LogP contribution < -0.4 is 5.32 Å². The summed E-state index contributed by atoms with van der Waals surface area (Å²) in [4.78, 5) is 14.5. The van der Waals surface area contributed by atoms with Crippen LogP contribution in [0.1, 0.15) is 52.4 Å². The number of ether oxygens (including phenoxy) is 1. The van der Waals surface area contributed by atoms with E-state index in [4.69, 9.17) is 4.74 Å². The molecule has 1 unspecified atom stereocenters. The Bertz CT molecular complexity index is 314. The van der Waals surface area contributed by atoms with Crippen LogP contribution in [0.15, 0.2) is 0 Å². The number of nitrogens with zero attached hydrogens (tertiary/aromatic N) is 1. The highest BCUT2D eigenvalue weighted by atomic mass is 35.5. The van der Waals surface area contributed by atoms with Gasteiger partial charge >= 0.3 is 5.97 Å². The SMILES string of the molecule is CCOC(=O)C1CCC(N(CC)CC2CCCNC2)CC1.Cl. The Kier molecular flexibility index (Phi) is 9.37. The highest BCUT2D eigenvalue weighted by molar-refractivity contribution is 5.85. The minimum atomic E-state index is 0. The molecular formula is C17H33ClN2O2. The molecule has 2 aliphatic rings. The number of piperidine rings is 1. The van der Waals surface area contributed by atoms with Crippen molar-refractivity contribution in [2.24, 2.45) is 11.8 Å². The van der Waals surface area contributed by atoms with Gasteiger partial charge < -0.3 is 15.0 Å². The lowest BCUT2D eigenvalue weighted by atomic mass is 9.84. The molecule has 0 amide bonds. The van der Waals surface area contributed by atoms with Crippen LogP contribution >= 0.6 is 12.4 Å². The van der Waals surface area contributed by atoms with Gasteiger partial charge in [-0.3, -0.25) is 4.79 Å². The summed E-state index contributed by atoms with van der Waals surface area (Å²) < 4.78 is 5.16. The van der Waals surface area contributed by atoms with Crippen LogP contribution in [0, 0.1) is 11.8 Å². The van der Waals surface area contributed by atoms with E-state index in [2.05, 4.69) is 17.1 Å². The fourth-order valence-electron chi connectivity index (χ4n) is 3.88. The molecule has 1 aliphatic heterocycles. The molecule has 0 radical (unpaired) electrons. The van der Waals surface area contributed by atoms with Crippen LogP contribution in [0.5, 0.6) is 0 Å². The molecule has 0 bridgehead atoms. The number of nitrogens with one attached hydrogen (secondary N) is 1. The van der Waals surface area contributed by atoms with E-state index >= 15 is 0 Å². The average molecular weight is 333 g/mol. The second-order valence-corrected chi connectivity index (χ2v) is 6.56. The third-order valence-electron chi connectivity index (χ3n) is 5.13. The predicted molar refractivity (Wildman–Crippen MR) is 92.5 cm³/mol. The smallest absolute Gasteiger partial charge is 0.308 e. The molecule has 0 aromatic rings. The topological polar surface area (TPSA) is 41.6 Å². The minimum Gasteiger partial charge on any atom is -0.466 e. The predicted octanol–water partition coefficient (Wildman–Crippen LogP) is 2.85. The quantitative estimate of drug-likeness (QED) is 0.759. The second-order valence-electron chi connectivity index (χ2n) is 6.56. The normalized spacial score (nSPS) is 29.0. The van der Waals surface area contributed by atoms with Gasteiger partial charge in [-0.1, -0.05) is 6.92 Å². The van der Waals surface area contributed by atoms with Crippen LogP contribution in [0.25, 0.3) is 0 Å². The van der Waals surface area contributed by atoms with Crippen molar-refractivity contribution in [3.8, 4) is 0 Å². The molecule has 2 rings (SSSR count). The van der Waals surface area contributed by atoms with E-state index in [1.54, 1.807) is 0 Å². The molecule has 1 heterocycles. The van der Waals surface area contributed by atoms with Gasteiger partial charge in [0.25, 0.3) is 0 Å². The van der Waals surface area contributed by atoms with Gasteiger partial charge in [-0.2, -0.15) is 0 Å². The van der Waals surface area contributed by atoms with Gasteiger partial charge in [-0.25, -0.2) is 0 Å². The summed E-state index contributed by atoms with van der Waals surface area (Å²) in [6.45, 7) is 9.38. The summed E-state index contributed by atoms with van der Waals surface area (Å²) in [6.07, 6.45) is 6.99. The van der Waals surface area contributed by atoms with Crippen LogP contribution in [-0.2, 0) is 9.53 Å². The van der Waals surface area contributed by atoms with Crippen molar-refractivity contribution >= 4 is 18.4 Å². The van der Waals surface area contributed by atoms with Crippen molar-refractivity contribution in [2.45, 2.75) is 58.4 Å². The maximum atomic E-state index is 11.8. The van der Waals surface area contributed by atoms with Crippen molar-refractivity contribution in [2.75, 3.05) is 32.8 Å². The maximum absolute atomic E-state index is 11.8. The van der Waals surface area contributed by atoms with Crippen LogP contribution in [0.4, 0.5) is 0 Å². The molecular weight excluding hydrogens is 300 g/mol. The van der Waals surface area contributed by atoms with Crippen molar-refractivity contribution in [3.05, 3.63) is 0 Å². The van der Waals surface area contributed by atoms with E-state index in [9.17, 15) is 4.79 Å². The molecule has 0 aromatic carbocycles. The molecule has 1 saturated carbocycles. The highest BCUT2D eigenvalue weighted by Gasteiger charge is 2.30. The second kappa shape index (κ2) is 10.5. The van der Waals surface area contributed by atoms with E-state index < -0.39 is 0 Å². The molecule has 1 atom stereocenters. The van der Waals surface area contributed by atoms with Crippen LogP contribution in [0.3, 0.4) is 0 Å². The molecule has 2 fully saturated rings. The molecule has 0 aromatic heterocycles. The first-order valence-electron chi connectivity index (χ1n) is 8.86. The van der Waals surface area contributed by atoms with Gasteiger partial charge in [0, 0.05) is 12.6 Å². The van der Waals surface area contributed by atoms with Crippen molar-refractivity contribution < 1.29 is 9.53 Å². The standard InChI is InChI=1S/C17H32N2O2.ClH/c1-3-19(13-14-6-5-11-18-12-14)16-9-7-15(8-10-16)17(20)21-4-2;/h14-16,18H,3-13H2,1-2H3;1H. The zero-order valence-electron chi connectivity index (χ0n) is 14.2. The number of hydrogen-bond donors (Lipinski definition) is 1. The monoisotopic (exact) mass is 332 g/mol. The van der Waals surface area contributed by atoms with Gasteiger partial charge in [-0.15, -0.1) is 12.4 Å². The number of rotatable bonds is 6. The summed E-state index contributed by atoms with van der Waals surface area (Å²) in [7, 11) is 0. The Morgan fingerprint density at radius 3 is 2.45 bits per heavy atom. The molecule has 22 heavy (non-hydrogen) atoms. The first-order valence-corrected chi connectivity index (χ1v) is 8.86.